The fourth-order valence-electron chi connectivity index (χ4n) is 3.95. The van der Waals surface area contributed by atoms with Gasteiger partial charge in [-0.3, -0.25) is 10.1 Å². The van der Waals surface area contributed by atoms with Crippen molar-refractivity contribution in [3.63, 3.8) is 0 Å². The van der Waals surface area contributed by atoms with Crippen molar-refractivity contribution in [1.29, 1.82) is 0 Å². The minimum atomic E-state index is -0.981. The third kappa shape index (κ3) is 5.50. The molecule has 0 bridgehead atoms. The van der Waals surface area contributed by atoms with Crippen LogP contribution in [0.4, 0.5) is 13.9 Å². The van der Waals surface area contributed by atoms with E-state index in [1.165, 1.54) is 6.20 Å². The maximum Gasteiger partial charge on any atom is 0.236 e. The molecule has 2 atom stereocenters. The van der Waals surface area contributed by atoms with Crippen LogP contribution in [0.1, 0.15) is 43.2 Å². The highest BCUT2D eigenvalue weighted by Gasteiger charge is 2.52. The van der Waals surface area contributed by atoms with E-state index in [1.54, 1.807) is 6.07 Å². The first-order chi connectivity index (χ1) is 17.3. The van der Waals surface area contributed by atoms with Crippen LogP contribution in [0, 0.1) is 5.92 Å². The molecule has 192 valence electrons. The van der Waals surface area contributed by atoms with Gasteiger partial charge in [-0.1, -0.05) is 37.8 Å². The number of carbonyl (C=O) groups excluding carboxylic acids is 1. The summed E-state index contributed by atoms with van der Waals surface area (Å²) in [6, 6.07) is 4.10. The summed E-state index contributed by atoms with van der Waals surface area (Å²) in [5.74, 6) is -0.263. The third-order valence-electron chi connectivity index (χ3n) is 6.39. The Morgan fingerprint density at radius 1 is 1.28 bits per heavy atom. The van der Waals surface area contributed by atoms with Gasteiger partial charge in [0.1, 0.15) is 11.7 Å². The molecule has 10 heteroatoms. The quantitative estimate of drug-likeness (QED) is 0.360. The van der Waals surface area contributed by atoms with E-state index in [2.05, 4.69) is 22.2 Å². The van der Waals surface area contributed by atoms with Crippen LogP contribution in [0.25, 0.3) is 0 Å². The predicted molar refractivity (Wildman–Crippen MR) is 134 cm³/mol. The van der Waals surface area contributed by atoms with Crippen LogP contribution >= 0.6 is 11.3 Å². The lowest BCUT2D eigenvalue weighted by molar-refractivity contribution is -0.118. The molecule has 1 fully saturated rings. The third-order valence-corrected chi connectivity index (χ3v) is 7.37. The first kappa shape index (κ1) is 26.0. The molecule has 0 saturated heterocycles. The Bertz CT molecular complexity index is 1190. The number of nitrogens with one attached hydrogen (secondary N) is 2. The molecule has 1 unspecified atom stereocenters. The Kier molecular flexibility index (Phi) is 7.87. The van der Waals surface area contributed by atoms with Crippen molar-refractivity contribution in [1.82, 2.24) is 10.3 Å². The number of carbonyl (C=O) groups is 1. The van der Waals surface area contributed by atoms with E-state index in [4.69, 9.17) is 9.47 Å². The fraction of sp³-hybridized carbons (Fsp3) is 0.385. The Morgan fingerprint density at radius 2 is 2.03 bits per heavy atom. The number of halogens is 2. The highest BCUT2D eigenvalue weighted by Crippen LogP contribution is 2.51. The number of aromatic nitrogens is 1. The average molecular weight is 518 g/mol. The lowest BCUT2D eigenvalue weighted by Crippen LogP contribution is -2.39. The smallest absolute Gasteiger partial charge is 0.236 e. The van der Waals surface area contributed by atoms with E-state index < -0.39 is 29.2 Å². The number of aliphatic hydroxyl groups is 1. The topological polar surface area (TPSA) is 92.7 Å². The second-order valence-corrected chi connectivity index (χ2v) is 10.2. The molecule has 4 rings (SSSR count). The number of thiazole rings is 1. The van der Waals surface area contributed by atoms with Crippen molar-refractivity contribution in [2.24, 2.45) is 5.92 Å². The maximum atomic E-state index is 15.2. The number of ether oxygens (including phenoxy) is 2. The average Bonchev–Trinajstić information content (AvgIpc) is 3.33. The summed E-state index contributed by atoms with van der Waals surface area (Å²) < 4.78 is 39.5. The number of nitrogens with zero attached hydrogens (tertiary/aromatic N) is 1. The summed E-state index contributed by atoms with van der Waals surface area (Å²) in [6.45, 7) is 7.06. The molecular formula is C26H29F2N3O4S. The summed E-state index contributed by atoms with van der Waals surface area (Å²) in [5, 5.41) is 16.0. The van der Waals surface area contributed by atoms with Gasteiger partial charge in [-0.05, 0) is 54.7 Å². The Morgan fingerprint density at radius 3 is 2.69 bits per heavy atom. The van der Waals surface area contributed by atoms with E-state index in [1.807, 2.05) is 26.0 Å². The number of aliphatic hydroxyl groups excluding tert-OH is 1. The summed E-state index contributed by atoms with van der Waals surface area (Å²) in [7, 11) is 0. The van der Waals surface area contributed by atoms with Crippen molar-refractivity contribution in [3.8, 4) is 11.5 Å². The van der Waals surface area contributed by atoms with Gasteiger partial charge in [0.05, 0.1) is 22.9 Å². The molecule has 1 amide bonds. The molecule has 1 aromatic heterocycles. The van der Waals surface area contributed by atoms with Crippen molar-refractivity contribution in [2.75, 3.05) is 18.7 Å². The normalized spacial score (nSPS) is 18.2. The number of rotatable bonds is 11. The molecule has 0 spiro atoms. The number of hydrogen-bond acceptors (Lipinski definition) is 7. The number of anilines is 1. The molecule has 1 aromatic carbocycles. The van der Waals surface area contributed by atoms with Crippen LogP contribution in [0.2, 0.25) is 0 Å². The molecule has 2 heterocycles. The lowest BCUT2D eigenvalue weighted by Gasteiger charge is -2.25. The molecule has 0 radical (unpaired) electrons. The fourth-order valence-corrected chi connectivity index (χ4v) is 4.83. The van der Waals surface area contributed by atoms with Gasteiger partial charge in [-0.15, -0.1) is 0 Å². The van der Waals surface area contributed by atoms with E-state index >= 15 is 4.39 Å². The highest BCUT2D eigenvalue weighted by atomic mass is 32.1. The van der Waals surface area contributed by atoms with Gasteiger partial charge in [0.25, 0.3) is 0 Å². The number of amides is 1. The molecule has 2 aromatic rings. The van der Waals surface area contributed by atoms with Gasteiger partial charge >= 0.3 is 0 Å². The molecule has 36 heavy (non-hydrogen) atoms. The standard InChI is InChI=1S/C26H29F2N3O4S/c1-4-17(27)6-7-18(28)23(30-19(13-32)15(2)3)22-12-29-25(36-22)31-24(33)26(9-10-26)16-5-8-20-21(11-16)35-14-34-20/h4-8,11-12,15,19,23,30,32H,1,9-10,13-14H2,2-3H3,(H,29,31,33)/b17-6+,18-7+/t19-,23?/m0/s1. The first-order valence-corrected chi connectivity index (χ1v) is 12.5. The zero-order valence-corrected chi connectivity index (χ0v) is 20.9. The first-order valence-electron chi connectivity index (χ1n) is 11.7. The molecule has 3 N–H and O–H groups in total. The molecule has 1 aliphatic heterocycles. The van der Waals surface area contributed by atoms with Crippen LogP contribution in [-0.2, 0) is 10.2 Å². The van der Waals surface area contributed by atoms with Gasteiger partial charge in [0.2, 0.25) is 12.7 Å². The second-order valence-electron chi connectivity index (χ2n) is 9.11. The molecular weight excluding hydrogens is 488 g/mol. The van der Waals surface area contributed by atoms with Crippen LogP contribution in [0.3, 0.4) is 0 Å². The summed E-state index contributed by atoms with van der Waals surface area (Å²) in [6.07, 6.45) is 5.81. The number of allylic oxidation sites excluding steroid dienone is 4. The summed E-state index contributed by atoms with van der Waals surface area (Å²) in [4.78, 5) is 18.0. The van der Waals surface area contributed by atoms with E-state index in [-0.39, 0.29) is 25.2 Å². The van der Waals surface area contributed by atoms with Gasteiger partial charge in [-0.25, -0.2) is 13.8 Å². The zero-order chi connectivity index (χ0) is 25.9. The Hall–Kier alpha value is -3.08. The number of benzene rings is 1. The Balaban J connectivity index is 1.54. The van der Waals surface area contributed by atoms with E-state index in [0.29, 0.717) is 34.3 Å². The largest absolute Gasteiger partial charge is 0.454 e. The minimum absolute atomic E-state index is 0.00859. The van der Waals surface area contributed by atoms with Crippen LogP contribution in [-0.4, -0.2) is 35.4 Å². The molecule has 7 nitrogen and oxygen atoms in total. The molecule has 1 aliphatic carbocycles. The van der Waals surface area contributed by atoms with Crippen LogP contribution in [0.5, 0.6) is 11.5 Å². The zero-order valence-electron chi connectivity index (χ0n) is 20.1. The van der Waals surface area contributed by atoms with Gasteiger partial charge < -0.3 is 19.9 Å². The predicted octanol–water partition coefficient (Wildman–Crippen LogP) is 5.08. The monoisotopic (exact) mass is 517 g/mol. The Labute approximate surface area is 212 Å². The van der Waals surface area contributed by atoms with E-state index in [0.717, 1.165) is 35.1 Å². The summed E-state index contributed by atoms with van der Waals surface area (Å²) >= 11 is 1.11. The van der Waals surface area contributed by atoms with E-state index in [9.17, 15) is 14.3 Å². The van der Waals surface area contributed by atoms with Crippen LogP contribution < -0.4 is 20.1 Å². The number of fused-ring (bicyclic) bond motifs is 1. The van der Waals surface area contributed by atoms with Gasteiger partial charge in [-0.2, -0.15) is 0 Å². The highest BCUT2D eigenvalue weighted by molar-refractivity contribution is 7.15. The summed E-state index contributed by atoms with van der Waals surface area (Å²) in [5.41, 5.74) is 0.163. The second kappa shape index (κ2) is 10.9. The number of hydrogen-bond donors (Lipinski definition) is 3. The van der Waals surface area contributed by atoms with Crippen molar-refractivity contribution in [3.05, 3.63) is 71.3 Å². The van der Waals surface area contributed by atoms with Gasteiger partial charge in [0.15, 0.2) is 16.6 Å². The van der Waals surface area contributed by atoms with Crippen molar-refractivity contribution in [2.45, 2.75) is 44.2 Å². The van der Waals surface area contributed by atoms with Gasteiger partial charge in [0, 0.05) is 12.2 Å². The maximum absolute atomic E-state index is 15.2. The molecule has 2 aliphatic rings. The minimum Gasteiger partial charge on any atom is -0.454 e. The van der Waals surface area contributed by atoms with Crippen molar-refractivity contribution < 1.29 is 28.2 Å². The lowest BCUT2D eigenvalue weighted by atomic mass is 9.94. The SMILES string of the molecule is C=C/C(F)=C\C=C(\F)C(N[C@@H](CO)C(C)C)c1cnc(NC(=O)C2(c3ccc4c(c3)OCO4)CC2)s1. The van der Waals surface area contributed by atoms with Crippen molar-refractivity contribution >= 4 is 22.4 Å². The van der Waals surface area contributed by atoms with Crippen LogP contribution in [0.15, 0.2) is 60.9 Å². The molecule has 1 saturated carbocycles.